The lowest BCUT2D eigenvalue weighted by Gasteiger charge is -2.39. The maximum atomic E-state index is 14.4. The van der Waals surface area contributed by atoms with Gasteiger partial charge in [-0.2, -0.15) is 12.7 Å². The van der Waals surface area contributed by atoms with Crippen LogP contribution in [-0.2, 0) is 38.0 Å². The van der Waals surface area contributed by atoms with Crippen molar-refractivity contribution < 1.29 is 30.2 Å². The van der Waals surface area contributed by atoms with Crippen LogP contribution in [0.2, 0.25) is 0 Å². The highest BCUT2D eigenvalue weighted by atomic mass is 32.2. The van der Waals surface area contributed by atoms with E-state index in [0.29, 0.717) is 58.9 Å². The molecule has 1 fully saturated rings. The lowest BCUT2D eigenvalue weighted by atomic mass is 10.0. The van der Waals surface area contributed by atoms with Gasteiger partial charge in [0.1, 0.15) is 18.5 Å². The van der Waals surface area contributed by atoms with Crippen molar-refractivity contribution in [2.45, 2.75) is 29.2 Å². The highest BCUT2D eigenvalue weighted by Gasteiger charge is 2.38. The fraction of sp³-hybridized carbons (Fsp3) is 0.205. The zero-order valence-electron chi connectivity index (χ0n) is 28.7. The number of anilines is 1. The molecule has 14 heteroatoms. The third-order valence-electron chi connectivity index (χ3n) is 9.44. The molecule has 0 radical (unpaired) electrons. The third-order valence-corrected chi connectivity index (χ3v) is 12.5. The molecule has 1 saturated heterocycles. The minimum Gasteiger partial charge on any atom is -0.378 e. The number of piperazine rings is 1. The van der Waals surface area contributed by atoms with Crippen molar-refractivity contribution in [3.05, 3.63) is 133 Å². The number of sulfonamides is 1. The van der Waals surface area contributed by atoms with Crippen molar-refractivity contribution in [2.75, 3.05) is 38.1 Å². The summed E-state index contributed by atoms with van der Waals surface area (Å²) in [5, 5.41) is 1.86. The van der Waals surface area contributed by atoms with Crippen LogP contribution in [-0.4, -0.2) is 81.2 Å². The van der Waals surface area contributed by atoms with Gasteiger partial charge in [0, 0.05) is 62.1 Å². The average molecular weight is 754 g/mol. The zero-order valence-corrected chi connectivity index (χ0v) is 30.4. The monoisotopic (exact) mass is 753 g/mol. The van der Waals surface area contributed by atoms with Gasteiger partial charge < -0.3 is 14.0 Å². The van der Waals surface area contributed by atoms with E-state index < -0.39 is 38.8 Å². The summed E-state index contributed by atoms with van der Waals surface area (Å²) in [5.74, 6) is -0.362. The number of amides is 1. The molecule has 53 heavy (non-hydrogen) atoms. The molecule has 1 aliphatic rings. The molecule has 2 aromatic heterocycles. The highest BCUT2D eigenvalue weighted by molar-refractivity contribution is 7.89. The van der Waals surface area contributed by atoms with Gasteiger partial charge >= 0.3 is 10.1 Å². The first-order valence-electron chi connectivity index (χ1n) is 16.9. The number of carbonyl (C=O) groups is 1. The van der Waals surface area contributed by atoms with Crippen molar-refractivity contribution in [1.29, 1.82) is 0 Å². The lowest BCUT2D eigenvalue weighted by molar-refractivity contribution is -0.135. The van der Waals surface area contributed by atoms with Crippen LogP contribution >= 0.6 is 0 Å². The third kappa shape index (κ3) is 7.43. The Hall–Kier alpha value is -5.44. The maximum Gasteiger partial charge on any atom is 0.357 e. The number of hydrogen-bond acceptors (Lipinski definition) is 9. The van der Waals surface area contributed by atoms with Gasteiger partial charge in [-0.1, -0.05) is 72.8 Å². The normalized spacial score (nSPS) is 14.5. The fourth-order valence-electron chi connectivity index (χ4n) is 6.57. The van der Waals surface area contributed by atoms with E-state index in [4.69, 9.17) is 4.18 Å². The number of benzene rings is 4. The summed E-state index contributed by atoms with van der Waals surface area (Å²) in [6, 6.07) is 29.6. The quantitative estimate of drug-likeness (QED) is 0.155. The molecule has 4 aromatic carbocycles. The van der Waals surface area contributed by atoms with Gasteiger partial charge in [0.25, 0.3) is 10.0 Å². The molecule has 1 aliphatic heterocycles. The van der Waals surface area contributed by atoms with Gasteiger partial charge in [0.15, 0.2) is 5.03 Å². The molecule has 272 valence electrons. The Bertz CT molecular complexity index is 2500. The molecular weight excluding hydrogens is 718 g/mol. The van der Waals surface area contributed by atoms with Crippen LogP contribution in [0.4, 0.5) is 10.1 Å². The van der Waals surface area contributed by atoms with Gasteiger partial charge in [-0.05, 0) is 64.7 Å². The van der Waals surface area contributed by atoms with E-state index in [1.165, 1.54) is 31.6 Å². The molecular formula is C39H36FN5O6S2. The molecule has 0 aliphatic carbocycles. The van der Waals surface area contributed by atoms with Gasteiger partial charge in [-0.15, -0.1) is 0 Å². The molecule has 3 heterocycles. The minimum atomic E-state index is -4.30. The van der Waals surface area contributed by atoms with Crippen molar-refractivity contribution >= 4 is 53.3 Å². The number of halogens is 1. The Morgan fingerprint density at radius 3 is 2.00 bits per heavy atom. The molecule has 6 aromatic rings. The summed E-state index contributed by atoms with van der Waals surface area (Å²) >= 11 is 0. The lowest BCUT2D eigenvalue weighted by Crippen LogP contribution is -2.56. The smallest absolute Gasteiger partial charge is 0.357 e. The molecule has 0 unspecified atom stereocenters. The van der Waals surface area contributed by atoms with E-state index in [0.717, 1.165) is 9.99 Å². The zero-order chi connectivity index (χ0) is 37.2. The second-order valence-corrected chi connectivity index (χ2v) is 16.1. The Balaban J connectivity index is 1.15. The van der Waals surface area contributed by atoms with Crippen molar-refractivity contribution in [3.8, 4) is 5.75 Å². The first-order chi connectivity index (χ1) is 25.5. The van der Waals surface area contributed by atoms with Crippen LogP contribution in [0.25, 0.3) is 21.5 Å². The van der Waals surface area contributed by atoms with E-state index in [1.54, 1.807) is 95.9 Å². The number of aromatic nitrogens is 2. The van der Waals surface area contributed by atoms with Crippen LogP contribution in [0.3, 0.4) is 0 Å². The Morgan fingerprint density at radius 1 is 0.755 bits per heavy atom. The molecule has 7 rings (SSSR count). The standard InChI is InChI=1S/C39H36FN5O6S2/c1-43(52(47,48)37-34-11-4-2-8-30(34)17-19-41-37)36(39(46)45-23-21-44(22-24-45)32-10-6-7-29(25-32)27-40)26-28-13-15-33(16-14-28)51-53(49,50)38-35-12-5-3-9-31(35)18-20-42-38/h2-20,25,36H,21-24,26-27H2,1H3/t36-/m0/s1. The molecule has 11 nitrogen and oxygen atoms in total. The molecule has 0 bridgehead atoms. The second kappa shape index (κ2) is 14.9. The highest BCUT2D eigenvalue weighted by Crippen LogP contribution is 2.28. The minimum absolute atomic E-state index is 0.0179. The number of fused-ring (bicyclic) bond motifs is 2. The maximum absolute atomic E-state index is 14.4. The van der Waals surface area contributed by atoms with Crippen LogP contribution < -0.4 is 9.08 Å². The van der Waals surface area contributed by atoms with Gasteiger partial charge in [0.05, 0.1) is 0 Å². The van der Waals surface area contributed by atoms with E-state index in [-0.39, 0.29) is 22.2 Å². The first kappa shape index (κ1) is 35.9. The van der Waals surface area contributed by atoms with Crippen LogP contribution in [0.5, 0.6) is 5.75 Å². The largest absolute Gasteiger partial charge is 0.378 e. The summed E-state index contributed by atoms with van der Waals surface area (Å²) in [7, 11) is -7.22. The summed E-state index contributed by atoms with van der Waals surface area (Å²) in [6.07, 6.45) is 2.81. The van der Waals surface area contributed by atoms with Gasteiger partial charge in [-0.25, -0.2) is 22.8 Å². The molecule has 0 N–H and O–H groups in total. The summed E-state index contributed by atoms with van der Waals surface area (Å²) in [6.45, 7) is 1.01. The fourth-order valence-corrected chi connectivity index (χ4v) is 9.09. The summed E-state index contributed by atoms with van der Waals surface area (Å²) in [4.78, 5) is 26.4. The predicted molar refractivity (Wildman–Crippen MR) is 200 cm³/mol. The van der Waals surface area contributed by atoms with Gasteiger partial charge in [0.2, 0.25) is 10.9 Å². The van der Waals surface area contributed by atoms with Crippen molar-refractivity contribution in [1.82, 2.24) is 19.2 Å². The number of nitrogens with zero attached hydrogens (tertiary/aromatic N) is 5. The molecule has 1 atom stereocenters. The number of rotatable bonds is 11. The second-order valence-electron chi connectivity index (χ2n) is 12.7. The number of carbonyl (C=O) groups excluding carboxylic acids is 1. The van der Waals surface area contributed by atoms with Crippen molar-refractivity contribution in [3.63, 3.8) is 0 Å². The average Bonchev–Trinajstić information content (AvgIpc) is 3.19. The first-order valence-corrected chi connectivity index (χ1v) is 19.8. The Labute approximate surface area is 307 Å². The number of alkyl halides is 1. The van der Waals surface area contributed by atoms with E-state index >= 15 is 0 Å². The number of pyridine rings is 2. The topological polar surface area (TPSA) is 130 Å². The van der Waals surface area contributed by atoms with Crippen LogP contribution in [0.15, 0.2) is 132 Å². The Morgan fingerprint density at radius 2 is 1.36 bits per heavy atom. The predicted octanol–water partition coefficient (Wildman–Crippen LogP) is 5.60. The molecule has 0 spiro atoms. The Kier molecular flexibility index (Phi) is 10.1. The molecule has 1 amide bonds. The van der Waals surface area contributed by atoms with E-state index in [2.05, 4.69) is 14.9 Å². The van der Waals surface area contributed by atoms with E-state index in [9.17, 15) is 26.0 Å². The SMILES string of the molecule is CN([C@@H](Cc1ccc(OS(=O)(=O)c2nccc3ccccc23)cc1)C(=O)N1CCN(c2cccc(CF)c2)CC1)S(=O)(=O)c1nccc2ccccc12. The van der Waals surface area contributed by atoms with Gasteiger partial charge in [-0.3, -0.25) is 4.79 Å². The number of hydrogen-bond donors (Lipinski definition) is 0. The summed E-state index contributed by atoms with van der Waals surface area (Å²) < 4.78 is 75.0. The number of likely N-dealkylation sites (N-methyl/N-ethyl adjacent to an activating group) is 1. The van der Waals surface area contributed by atoms with Crippen molar-refractivity contribution in [2.24, 2.45) is 0 Å². The summed E-state index contributed by atoms with van der Waals surface area (Å²) in [5.41, 5.74) is 1.99. The van der Waals surface area contributed by atoms with Crippen LogP contribution in [0.1, 0.15) is 11.1 Å². The van der Waals surface area contributed by atoms with Crippen LogP contribution in [0, 0.1) is 0 Å². The molecule has 0 saturated carbocycles. The van der Waals surface area contributed by atoms with E-state index in [1.807, 2.05) is 6.07 Å².